The Balaban J connectivity index is 2.63. The average molecular weight is 271 g/mol. The van der Waals surface area contributed by atoms with E-state index < -0.39 is 29.1 Å². The highest BCUT2D eigenvalue weighted by Crippen LogP contribution is 1.94. The molecule has 0 fully saturated rings. The topological polar surface area (TPSA) is 134 Å². The van der Waals surface area contributed by atoms with Crippen LogP contribution in [0.4, 0.5) is 0 Å². The van der Waals surface area contributed by atoms with Crippen molar-refractivity contribution in [2.75, 3.05) is 6.61 Å². The predicted molar refractivity (Wildman–Crippen MR) is 63.7 cm³/mol. The number of hydrogen-bond acceptors (Lipinski definition) is 6. The molecule has 3 N–H and O–H groups in total. The maximum Gasteiger partial charge on any atom is 0.333 e. The fraction of sp³-hybridized carbons (Fsp3) is 0.400. The van der Waals surface area contributed by atoms with Gasteiger partial charge >= 0.3 is 23.0 Å². The summed E-state index contributed by atoms with van der Waals surface area (Å²) < 4.78 is 5.27. The first-order valence-corrected chi connectivity index (χ1v) is 5.34. The van der Waals surface area contributed by atoms with Gasteiger partial charge in [0, 0.05) is 12.5 Å². The lowest BCUT2D eigenvalue weighted by atomic mass is 10.2. The molecule has 0 saturated carbocycles. The molecule has 9 nitrogen and oxygen atoms in total. The first kappa shape index (κ1) is 14.6. The Kier molecular flexibility index (Phi) is 5.01. The van der Waals surface area contributed by atoms with E-state index in [-0.39, 0.29) is 19.6 Å². The zero-order valence-corrected chi connectivity index (χ0v) is 9.92. The van der Waals surface area contributed by atoms with E-state index in [9.17, 15) is 24.3 Å². The minimum atomic E-state index is -1.08. The van der Waals surface area contributed by atoms with Gasteiger partial charge in [0.15, 0.2) is 0 Å². The Bertz CT molecular complexity index is 591. The molecule has 1 rings (SSSR count). The number of hydrogen-bond donors (Lipinski definition) is 3. The number of ether oxygens (including phenoxy) is 1. The van der Waals surface area contributed by atoms with Crippen LogP contribution >= 0.6 is 0 Å². The van der Waals surface area contributed by atoms with Crippen molar-refractivity contribution in [2.45, 2.75) is 19.1 Å². The normalized spacial score (nSPS) is 11.8. The number of esters is 1. The van der Waals surface area contributed by atoms with Gasteiger partial charge in [0.25, 0.3) is 0 Å². The lowest BCUT2D eigenvalue weighted by Gasteiger charge is -2.10. The van der Waals surface area contributed by atoms with Crippen LogP contribution in [0.3, 0.4) is 0 Å². The van der Waals surface area contributed by atoms with Crippen LogP contribution < -0.4 is 17.1 Å². The van der Waals surface area contributed by atoms with Crippen LogP contribution in [0.2, 0.25) is 0 Å². The van der Waals surface area contributed by atoms with Crippen LogP contribution in [0.5, 0.6) is 0 Å². The summed E-state index contributed by atoms with van der Waals surface area (Å²) in [6, 6.07) is 0. The Labute approximate surface area is 106 Å². The van der Waals surface area contributed by atoms with E-state index in [4.69, 9.17) is 0 Å². The van der Waals surface area contributed by atoms with E-state index in [1.165, 1.54) is 0 Å². The van der Waals surface area contributed by atoms with Gasteiger partial charge in [-0.1, -0.05) is 6.58 Å². The fourth-order valence-electron chi connectivity index (χ4n) is 1.28. The molecule has 0 aliphatic rings. The van der Waals surface area contributed by atoms with Gasteiger partial charge in [0.1, 0.15) is 0 Å². The summed E-state index contributed by atoms with van der Waals surface area (Å²) in [5.74, 6) is -0.633. The molecule has 0 radical (unpaired) electrons. The van der Waals surface area contributed by atoms with Crippen LogP contribution in [0.25, 0.3) is 0 Å². The highest BCUT2D eigenvalue weighted by Gasteiger charge is 2.10. The second-order valence-electron chi connectivity index (χ2n) is 3.61. The third-order valence-electron chi connectivity index (χ3n) is 2.19. The van der Waals surface area contributed by atoms with Gasteiger partial charge in [0.2, 0.25) is 0 Å². The second-order valence-corrected chi connectivity index (χ2v) is 3.61. The molecule has 1 atom stereocenters. The number of rotatable bonds is 6. The molecule has 1 aromatic rings. The van der Waals surface area contributed by atoms with Crippen molar-refractivity contribution in [3.8, 4) is 0 Å². The Hall–Kier alpha value is -2.42. The summed E-state index contributed by atoms with van der Waals surface area (Å²) in [6.45, 7) is 2.79. The smallest absolute Gasteiger partial charge is 0.333 e. The fourth-order valence-corrected chi connectivity index (χ4v) is 1.28. The van der Waals surface area contributed by atoms with Gasteiger partial charge in [-0.15, -0.1) is 0 Å². The maximum absolute atomic E-state index is 11.3. The van der Waals surface area contributed by atoms with E-state index in [1.807, 2.05) is 9.97 Å². The second kappa shape index (κ2) is 6.50. The largest absolute Gasteiger partial charge is 0.462 e. The van der Waals surface area contributed by atoms with Gasteiger partial charge < -0.3 is 9.84 Å². The number of aromatic nitrogens is 3. The number of aliphatic hydroxyl groups is 1. The lowest BCUT2D eigenvalue weighted by Crippen LogP contribution is -2.45. The molecular formula is C10H13N3O6. The number of nitrogens with zero attached hydrogens (tertiary/aromatic N) is 1. The summed E-state index contributed by atoms with van der Waals surface area (Å²) >= 11 is 0. The van der Waals surface area contributed by atoms with E-state index in [0.717, 1.165) is 6.08 Å². The van der Waals surface area contributed by atoms with Crippen molar-refractivity contribution in [1.82, 2.24) is 14.5 Å². The summed E-state index contributed by atoms with van der Waals surface area (Å²) in [5, 5.41) is 9.58. The zero-order chi connectivity index (χ0) is 14.4. The zero-order valence-electron chi connectivity index (χ0n) is 9.92. The van der Waals surface area contributed by atoms with Crippen LogP contribution in [-0.2, 0) is 16.1 Å². The molecule has 0 aromatic carbocycles. The van der Waals surface area contributed by atoms with Crippen LogP contribution in [-0.4, -0.2) is 38.3 Å². The van der Waals surface area contributed by atoms with Crippen LogP contribution in [0.15, 0.2) is 27.0 Å². The summed E-state index contributed by atoms with van der Waals surface area (Å²) in [4.78, 5) is 47.8. The Morgan fingerprint density at radius 1 is 1.37 bits per heavy atom. The van der Waals surface area contributed by atoms with Crippen molar-refractivity contribution >= 4 is 5.97 Å². The maximum atomic E-state index is 11.3. The molecule has 1 aromatic heterocycles. The number of carbonyl (C=O) groups excluding carboxylic acids is 1. The SMILES string of the molecule is C=CC(=O)OCCC(O)Cn1c(=O)[nH]c(=O)[nH]c1=O. The molecule has 0 bridgehead atoms. The number of aliphatic hydroxyl groups excluding tert-OH is 1. The molecule has 0 aliphatic carbocycles. The molecular weight excluding hydrogens is 258 g/mol. The number of H-pyrrole nitrogens is 2. The summed E-state index contributed by atoms with van der Waals surface area (Å²) in [6.07, 6.45) is -0.0731. The molecule has 0 spiro atoms. The lowest BCUT2D eigenvalue weighted by molar-refractivity contribution is -0.138. The molecule has 1 heterocycles. The van der Waals surface area contributed by atoms with E-state index in [1.54, 1.807) is 0 Å². The van der Waals surface area contributed by atoms with Crippen molar-refractivity contribution in [3.63, 3.8) is 0 Å². The quantitative estimate of drug-likeness (QED) is 0.393. The standard InChI is InChI=1S/C10H13N3O6/c1-2-7(15)19-4-3-6(14)5-13-9(17)11-8(16)12-10(13)18/h2,6,14H,1,3-5H2,(H2,11,12,16,17,18). The monoisotopic (exact) mass is 271 g/mol. The van der Waals surface area contributed by atoms with Crippen molar-refractivity contribution in [1.29, 1.82) is 0 Å². The van der Waals surface area contributed by atoms with Gasteiger partial charge in [-0.2, -0.15) is 0 Å². The minimum Gasteiger partial charge on any atom is -0.462 e. The molecule has 104 valence electrons. The van der Waals surface area contributed by atoms with Crippen LogP contribution in [0, 0.1) is 0 Å². The third-order valence-corrected chi connectivity index (χ3v) is 2.19. The molecule has 0 saturated heterocycles. The molecule has 0 aliphatic heterocycles. The summed E-state index contributed by atoms with van der Waals surface area (Å²) in [5.41, 5.74) is -2.76. The molecule has 1 unspecified atom stereocenters. The van der Waals surface area contributed by atoms with Crippen molar-refractivity contribution in [3.05, 3.63) is 44.1 Å². The van der Waals surface area contributed by atoms with E-state index in [2.05, 4.69) is 11.3 Å². The highest BCUT2D eigenvalue weighted by molar-refractivity contribution is 5.81. The Morgan fingerprint density at radius 2 is 1.95 bits per heavy atom. The summed E-state index contributed by atoms with van der Waals surface area (Å²) in [7, 11) is 0. The van der Waals surface area contributed by atoms with Gasteiger partial charge in [-0.05, 0) is 0 Å². The van der Waals surface area contributed by atoms with Gasteiger partial charge in [-0.3, -0.25) is 9.97 Å². The van der Waals surface area contributed by atoms with Gasteiger partial charge in [-0.25, -0.2) is 23.7 Å². The van der Waals surface area contributed by atoms with Crippen LogP contribution in [0.1, 0.15) is 6.42 Å². The van der Waals surface area contributed by atoms with Gasteiger partial charge in [0.05, 0.1) is 19.3 Å². The molecule has 9 heteroatoms. The van der Waals surface area contributed by atoms with Crippen molar-refractivity contribution < 1.29 is 14.6 Å². The highest BCUT2D eigenvalue weighted by atomic mass is 16.5. The molecule has 0 amide bonds. The first-order valence-electron chi connectivity index (χ1n) is 5.34. The third kappa shape index (κ3) is 4.39. The predicted octanol–water partition coefficient (Wildman–Crippen LogP) is -2.29. The van der Waals surface area contributed by atoms with Crippen molar-refractivity contribution in [2.24, 2.45) is 0 Å². The number of nitrogens with one attached hydrogen (secondary N) is 2. The minimum absolute atomic E-state index is 0.0323. The first-order chi connectivity index (χ1) is 8.93. The number of aromatic amines is 2. The van der Waals surface area contributed by atoms with E-state index in [0.29, 0.717) is 4.57 Å². The Morgan fingerprint density at radius 3 is 2.47 bits per heavy atom. The average Bonchev–Trinajstić information content (AvgIpc) is 2.33. The molecule has 19 heavy (non-hydrogen) atoms. The number of carbonyl (C=O) groups is 1. The van der Waals surface area contributed by atoms with E-state index >= 15 is 0 Å².